The van der Waals surface area contributed by atoms with Crippen molar-refractivity contribution in [2.24, 2.45) is 11.5 Å². The fraction of sp³-hybridized carbons (Fsp3) is 0.333. The molecule has 0 atom stereocenters. The fourth-order valence-corrected chi connectivity index (χ4v) is 0.382. The van der Waals surface area contributed by atoms with Crippen LogP contribution in [0.15, 0.2) is 0 Å². The van der Waals surface area contributed by atoms with E-state index in [2.05, 4.69) is 20.9 Å². The molecule has 0 aliphatic heterocycles. The maximum absolute atomic E-state index is 9.87. The van der Waals surface area contributed by atoms with Gasteiger partial charge in [0.15, 0.2) is 0 Å². The summed E-state index contributed by atoms with van der Waals surface area (Å²) in [6.45, 7) is 0. The van der Waals surface area contributed by atoms with E-state index >= 15 is 0 Å². The zero-order chi connectivity index (χ0) is 8.15. The molecule has 0 radical (unpaired) electrons. The Morgan fingerprint density at radius 1 is 1.20 bits per heavy atom. The summed E-state index contributed by atoms with van der Waals surface area (Å²) in [6, 6.07) is 0. The van der Waals surface area contributed by atoms with Gasteiger partial charge in [-0.15, -0.1) is 0 Å². The molecule has 0 aromatic carbocycles. The van der Waals surface area contributed by atoms with Crippen molar-refractivity contribution in [1.29, 1.82) is 0 Å². The minimum absolute atomic E-state index is 1.15. The molecule has 7 heteroatoms. The molecule has 10 heavy (non-hydrogen) atoms. The highest BCUT2D eigenvalue weighted by Gasteiger charge is 2.10. The normalized spacial score (nSPS) is 9.00. The summed E-state index contributed by atoms with van der Waals surface area (Å²) in [5.41, 5.74) is 8.98. The molecule has 0 aromatic rings. The number of nitrogens with two attached hydrogens (primary N) is 2. The van der Waals surface area contributed by atoms with Crippen LogP contribution in [-0.4, -0.2) is 17.9 Å². The quantitative estimate of drug-likeness (QED) is 0.436. The smallest absolute Gasteiger partial charge is 0.394 e. The molecule has 0 bridgehead atoms. The van der Waals surface area contributed by atoms with Crippen molar-refractivity contribution in [3.05, 3.63) is 0 Å². The number of carbonyl (C=O) groups excluding carboxylic acids is 2. The van der Waals surface area contributed by atoms with Crippen LogP contribution < -0.4 is 11.5 Å². The van der Waals surface area contributed by atoms with Crippen LogP contribution in [-0.2, 0) is 9.47 Å². The number of ether oxygens (including phenoxy) is 2. The van der Waals surface area contributed by atoms with Gasteiger partial charge < -0.3 is 20.9 Å². The minimum Gasteiger partial charge on any atom is -0.394 e. The lowest BCUT2D eigenvalue weighted by Gasteiger charge is -2.06. The van der Waals surface area contributed by atoms with Gasteiger partial charge in [0.05, 0.1) is 0 Å². The first-order chi connectivity index (χ1) is 4.52. The number of rotatable bonds is 2. The Hall–Kier alpha value is -1.17. The summed E-state index contributed by atoms with van der Waals surface area (Å²) in [4.78, 5) is 19.7. The van der Waals surface area contributed by atoms with Crippen LogP contribution in [0.1, 0.15) is 0 Å². The van der Waals surface area contributed by atoms with Crippen molar-refractivity contribution in [2.45, 2.75) is 5.75 Å². The Bertz CT molecular complexity index is 133. The first-order valence-electron chi connectivity index (χ1n) is 2.08. The molecule has 0 fully saturated rings. The van der Waals surface area contributed by atoms with Crippen LogP contribution in [0.5, 0.6) is 0 Å². The molecule has 4 N–H and O–H groups in total. The Morgan fingerprint density at radius 3 is 1.70 bits per heavy atom. The van der Waals surface area contributed by atoms with E-state index in [1.54, 1.807) is 0 Å². The average molecular weight is 169 g/mol. The highest BCUT2D eigenvalue weighted by atomic mass is 35.5. The maximum atomic E-state index is 9.87. The van der Waals surface area contributed by atoms with Gasteiger partial charge in [-0.25, -0.2) is 9.59 Å². The Balaban J connectivity index is 3.53. The molecule has 0 aliphatic rings. The topological polar surface area (TPSA) is 105 Å². The molecule has 0 saturated carbocycles. The van der Waals surface area contributed by atoms with Gasteiger partial charge >= 0.3 is 17.9 Å². The van der Waals surface area contributed by atoms with Crippen molar-refractivity contribution in [3.63, 3.8) is 0 Å². The molecule has 0 unspecified atom stereocenters. The van der Waals surface area contributed by atoms with E-state index < -0.39 is 17.9 Å². The second-order valence-electron chi connectivity index (χ2n) is 1.15. The number of carbonyl (C=O) groups is 2. The number of hydrogen-bond donors (Lipinski definition) is 2. The number of amides is 2. The average Bonchev–Trinajstić information content (AvgIpc) is 1.58. The molecule has 0 spiro atoms. The van der Waals surface area contributed by atoms with E-state index in [1.807, 2.05) is 0 Å². The number of halogens is 1. The zero-order valence-corrected chi connectivity index (χ0v) is 5.50. The summed E-state index contributed by atoms with van der Waals surface area (Å²) < 4.78 is 7.88. The van der Waals surface area contributed by atoms with E-state index in [0.717, 1.165) is 0 Å². The monoisotopic (exact) mass is 168 g/mol. The van der Waals surface area contributed by atoms with Gasteiger partial charge in [0, 0.05) is 0 Å². The van der Waals surface area contributed by atoms with Crippen molar-refractivity contribution in [1.82, 2.24) is 0 Å². The van der Waals surface area contributed by atoms with Gasteiger partial charge in [-0.2, -0.15) is 0 Å². The van der Waals surface area contributed by atoms with Crippen LogP contribution in [0.25, 0.3) is 0 Å². The van der Waals surface area contributed by atoms with Crippen LogP contribution in [0.2, 0.25) is 0 Å². The van der Waals surface area contributed by atoms with Gasteiger partial charge in [0.25, 0.3) is 0 Å². The largest absolute Gasteiger partial charge is 0.408 e. The van der Waals surface area contributed by atoms with E-state index in [-0.39, 0.29) is 0 Å². The zero-order valence-electron chi connectivity index (χ0n) is 4.74. The molecule has 6 nitrogen and oxygen atoms in total. The van der Waals surface area contributed by atoms with Crippen LogP contribution in [0, 0.1) is 0 Å². The lowest BCUT2D eigenvalue weighted by atomic mass is 11.1. The van der Waals surface area contributed by atoms with Crippen LogP contribution in [0.4, 0.5) is 9.59 Å². The molecule has 2 amide bonds. The third kappa shape index (κ3) is 4.98. The maximum Gasteiger partial charge on any atom is 0.408 e. The standard InChI is InChI=1S/C3H5ClN2O4/c4-1(9-2(5)7)10-3(6)8/h1H,(H2,5,7)(H2,6,8). The lowest BCUT2D eigenvalue weighted by molar-refractivity contribution is 0.00120. The number of alkyl halides is 1. The predicted molar refractivity (Wildman–Crippen MR) is 31.0 cm³/mol. The van der Waals surface area contributed by atoms with Crippen LogP contribution >= 0.6 is 11.6 Å². The van der Waals surface area contributed by atoms with Gasteiger partial charge in [-0.05, 0) is 11.6 Å². The van der Waals surface area contributed by atoms with E-state index in [9.17, 15) is 9.59 Å². The first kappa shape index (κ1) is 8.83. The molecule has 58 valence electrons. The SMILES string of the molecule is NC(=O)OC(Cl)OC(N)=O. The van der Waals surface area contributed by atoms with Gasteiger partial charge in [0.1, 0.15) is 0 Å². The molecule has 0 aliphatic carbocycles. The number of primary amides is 2. The predicted octanol–water partition coefficient (Wildman–Crippen LogP) is -0.301. The Kier molecular flexibility index (Phi) is 3.34. The van der Waals surface area contributed by atoms with Gasteiger partial charge in [-0.3, -0.25) is 0 Å². The summed E-state index contributed by atoms with van der Waals surface area (Å²) in [5.74, 6) is -1.56. The highest BCUT2D eigenvalue weighted by Crippen LogP contribution is 1.98. The second kappa shape index (κ2) is 3.78. The Morgan fingerprint density at radius 2 is 1.50 bits per heavy atom. The second-order valence-corrected chi connectivity index (χ2v) is 1.50. The van der Waals surface area contributed by atoms with Crippen molar-refractivity contribution < 1.29 is 19.1 Å². The van der Waals surface area contributed by atoms with E-state index in [1.165, 1.54) is 0 Å². The van der Waals surface area contributed by atoms with Gasteiger partial charge in [-0.1, -0.05) is 0 Å². The highest BCUT2D eigenvalue weighted by molar-refractivity contribution is 6.19. The third-order valence-electron chi connectivity index (χ3n) is 0.418. The lowest BCUT2D eigenvalue weighted by Crippen LogP contribution is -2.25. The van der Waals surface area contributed by atoms with Gasteiger partial charge in [0.2, 0.25) is 0 Å². The van der Waals surface area contributed by atoms with Crippen molar-refractivity contribution in [3.8, 4) is 0 Å². The fourth-order valence-electron chi connectivity index (χ4n) is 0.207. The minimum atomic E-state index is -1.56. The summed E-state index contributed by atoms with van der Waals surface area (Å²) >= 11 is 5.02. The molecule has 0 rings (SSSR count). The van der Waals surface area contributed by atoms with E-state index in [4.69, 9.17) is 11.6 Å². The van der Waals surface area contributed by atoms with Crippen molar-refractivity contribution in [2.75, 3.05) is 0 Å². The molecular formula is C3H5ClN2O4. The molecule has 0 saturated heterocycles. The summed E-state index contributed by atoms with van der Waals surface area (Å²) in [5, 5.41) is 0. The molecular weight excluding hydrogens is 163 g/mol. The molecule has 0 aromatic heterocycles. The van der Waals surface area contributed by atoms with Crippen molar-refractivity contribution >= 4 is 23.8 Å². The number of hydrogen-bond acceptors (Lipinski definition) is 4. The first-order valence-corrected chi connectivity index (χ1v) is 2.52. The van der Waals surface area contributed by atoms with E-state index in [0.29, 0.717) is 0 Å². The Labute approximate surface area is 61.0 Å². The molecule has 0 heterocycles. The van der Waals surface area contributed by atoms with Crippen LogP contribution in [0.3, 0.4) is 0 Å². The third-order valence-corrected chi connectivity index (χ3v) is 0.596. The summed E-state index contributed by atoms with van der Waals surface area (Å²) in [7, 11) is 0. The summed E-state index contributed by atoms with van der Waals surface area (Å²) in [6.07, 6.45) is -2.30.